The van der Waals surface area contributed by atoms with E-state index in [-0.39, 0.29) is 17.9 Å². The molecule has 1 fully saturated rings. The Labute approximate surface area is 187 Å². The summed E-state index contributed by atoms with van der Waals surface area (Å²) in [4.78, 5) is 19.8. The molecule has 5 nitrogen and oxygen atoms in total. The number of benzene rings is 2. The molecule has 1 amide bonds. The first-order valence-electron chi connectivity index (χ1n) is 10.7. The fourth-order valence-electron chi connectivity index (χ4n) is 4.35. The number of aromatic nitrogens is 1. The van der Waals surface area contributed by atoms with Gasteiger partial charge in [-0.15, -0.1) is 11.3 Å². The second kappa shape index (κ2) is 9.20. The number of nitrogens with one attached hydrogen (secondary N) is 1. The SMILES string of the molecule is CC(C)(C(=O)Nc1nccs1)C(c1ccccc1)c1ccc(N2CCC(O)CC2)cc1. The van der Waals surface area contributed by atoms with Gasteiger partial charge in [-0.25, -0.2) is 4.98 Å². The molecule has 1 aliphatic heterocycles. The summed E-state index contributed by atoms with van der Waals surface area (Å²) in [7, 11) is 0. The first-order chi connectivity index (χ1) is 14.9. The molecule has 0 radical (unpaired) electrons. The number of aliphatic hydroxyl groups is 1. The topological polar surface area (TPSA) is 65.5 Å². The van der Waals surface area contributed by atoms with Crippen LogP contribution in [0.4, 0.5) is 10.8 Å². The van der Waals surface area contributed by atoms with Crippen LogP contribution < -0.4 is 10.2 Å². The minimum Gasteiger partial charge on any atom is -0.393 e. The van der Waals surface area contributed by atoms with Crippen molar-refractivity contribution in [2.75, 3.05) is 23.3 Å². The molecule has 1 atom stereocenters. The highest BCUT2D eigenvalue weighted by Crippen LogP contribution is 2.42. The third kappa shape index (κ3) is 4.81. The molecule has 0 aliphatic carbocycles. The molecule has 1 saturated heterocycles. The normalized spacial score (nSPS) is 16.2. The van der Waals surface area contributed by atoms with E-state index in [1.165, 1.54) is 11.3 Å². The van der Waals surface area contributed by atoms with Crippen molar-refractivity contribution in [3.05, 3.63) is 77.3 Å². The predicted molar refractivity (Wildman–Crippen MR) is 127 cm³/mol. The van der Waals surface area contributed by atoms with E-state index in [4.69, 9.17) is 0 Å². The van der Waals surface area contributed by atoms with Gasteiger partial charge in [0.1, 0.15) is 0 Å². The number of carbonyl (C=O) groups excluding carboxylic acids is 1. The van der Waals surface area contributed by atoms with Gasteiger partial charge in [-0.3, -0.25) is 4.79 Å². The van der Waals surface area contributed by atoms with Crippen molar-refractivity contribution in [1.82, 2.24) is 4.98 Å². The van der Waals surface area contributed by atoms with Crippen molar-refractivity contribution in [2.24, 2.45) is 5.41 Å². The van der Waals surface area contributed by atoms with Crippen LogP contribution in [0.2, 0.25) is 0 Å². The Morgan fingerprint density at radius 1 is 1.10 bits per heavy atom. The Hall–Kier alpha value is -2.70. The van der Waals surface area contributed by atoms with Gasteiger partial charge in [-0.2, -0.15) is 0 Å². The van der Waals surface area contributed by atoms with Gasteiger partial charge >= 0.3 is 0 Å². The lowest BCUT2D eigenvalue weighted by Gasteiger charge is -2.35. The lowest BCUT2D eigenvalue weighted by Crippen LogP contribution is -2.37. The van der Waals surface area contributed by atoms with Gasteiger partial charge in [0.2, 0.25) is 5.91 Å². The number of nitrogens with zero attached hydrogens (tertiary/aromatic N) is 2. The van der Waals surface area contributed by atoms with Crippen molar-refractivity contribution in [2.45, 2.75) is 38.7 Å². The molecule has 2 aromatic carbocycles. The van der Waals surface area contributed by atoms with E-state index in [0.29, 0.717) is 5.13 Å². The van der Waals surface area contributed by atoms with Gasteiger partial charge in [-0.05, 0) is 36.1 Å². The predicted octanol–water partition coefficient (Wildman–Crippen LogP) is 4.90. The second-order valence-electron chi connectivity index (χ2n) is 8.67. The van der Waals surface area contributed by atoms with E-state index in [1.54, 1.807) is 6.20 Å². The Morgan fingerprint density at radius 3 is 2.35 bits per heavy atom. The summed E-state index contributed by atoms with van der Waals surface area (Å²) in [6.07, 6.45) is 3.12. The molecule has 0 spiro atoms. The quantitative estimate of drug-likeness (QED) is 0.578. The van der Waals surface area contributed by atoms with Gasteiger partial charge in [0.05, 0.1) is 11.5 Å². The highest BCUT2D eigenvalue weighted by atomic mass is 32.1. The van der Waals surface area contributed by atoms with Gasteiger partial charge in [0, 0.05) is 36.3 Å². The van der Waals surface area contributed by atoms with Crippen LogP contribution in [0, 0.1) is 5.41 Å². The van der Waals surface area contributed by atoms with E-state index < -0.39 is 5.41 Å². The minimum atomic E-state index is -0.691. The van der Waals surface area contributed by atoms with Crippen LogP contribution >= 0.6 is 11.3 Å². The fourth-order valence-corrected chi connectivity index (χ4v) is 4.87. The number of thiazole rings is 1. The number of anilines is 2. The monoisotopic (exact) mass is 435 g/mol. The third-order valence-corrected chi connectivity index (χ3v) is 6.84. The highest BCUT2D eigenvalue weighted by Gasteiger charge is 2.39. The fraction of sp³-hybridized carbons (Fsp3) is 0.360. The number of hydrogen-bond acceptors (Lipinski definition) is 5. The molecular weight excluding hydrogens is 406 g/mol. The third-order valence-electron chi connectivity index (χ3n) is 6.15. The average molecular weight is 436 g/mol. The van der Waals surface area contributed by atoms with E-state index in [0.717, 1.165) is 42.7 Å². The zero-order chi connectivity index (χ0) is 21.8. The molecular formula is C25H29N3O2S. The van der Waals surface area contributed by atoms with Crippen molar-refractivity contribution in [1.29, 1.82) is 0 Å². The summed E-state index contributed by atoms with van der Waals surface area (Å²) in [5.41, 5.74) is 2.68. The summed E-state index contributed by atoms with van der Waals surface area (Å²) < 4.78 is 0. The maximum absolute atomic E-state index is 13.3. The molecule has 1 aliphatic rings. The Balaban J connectivity index is 1.63. The molecule has 31 heavy (non-hydrogen) atoms. The molecule has 162 valence electrons. The maximum Gasteiger partial charge on any atom is 0.232 e. The number of piperidine rings is 1. The zero-order valence-electron chi connectivity index (χ0n) is 18.0. The van der Waals surface area contributed by atoms with Crippen LogP contribution in [-0.4, -0.2) is 35.2 Å². The van der Waals surface area contributed by atoms with E-state index in [2.05, 4.69) is 51.6 Å². The van der Waals surface area contributed by atoms with Crippen LogP contribution in [0.15, 0.2) is 66.2 Å². The van der Waals surface area contributed by atoms with E-state index in [1.807, 2.05) is 37.4 Å². The zero-order valence-corrected chi connectivity index (χ0v) is 18.8. The standard InChI is InChI=1S/C25H29N3O2S/c1-25(2,23(30)27-24-26-14-17-31-24)22(18-6-4-3-5-7-18)19-8-10-20(11-9-19)28-15-12-21(29)13-16-28/h3-11,14,17,21-22,29H,12-13,15-16H2,1-2H3,(H,26,27,30). The Kier molecular flexibility index (Phi) is 6.39. The summed E-state index contributed by atoms with van der Waals surface area (Å²) in [5.74, 6) is -0.156. The van der Waals surface area contributed by atoms with E-state index in [9.17, 15) is 9.90 Å². The Bertz CT molecular complexity index is 979. The molecule has 2 heterocycles. The van der Waals surface area contributed by atoms with Crippen LogP contribution in [0.5, 0.6) is 0 Å². The molecule has 3 aromatic rings. The maximum atomic E-state index is 13.3. The molecule has 4 rings (SSSR count). The molecule has 0 saturated carbocycles. The number of carbonyl (C=O) groups is 1. The van der Waals surface area contributed by atoms with Gasteiger partial charge in [0.15, 0.2) is 5.13 Å². The first-order valence-corrected chi connectivity index (χ1v) is 11.6. The number of aliphatic hydroxyl groups excluding tert-OH is 1. The lowest BCUT2D eigenvalue weighted by molar-refractivity contribution is -0.124. The van der Waals surface area contributed by atoms with E-state index >= 15 is 0 Å². The lowest BCUT2D eigenvalue weighted by atomic mass is 9.70. The van der Waals surface area contributed by atoms with Crippen LogP contribution in [0.25, 0.3) is 0 Å². The Morgan fingerprint density at radius 2 is 1.74 bits per heavy atom. The van der Waals surface area contributed by atoms with Crippen LogP contribution in [0.1, 0.15) is 43.7 Å². The summed E-state index contributed by atoms with van der Waals surface area (Å²) >= 11 is 1.42. The minimum absolute atomic E-state index is 0.0506. The van der Waals surface area contributed by atoms with Crippen molar-refractivity contribution in [3.8, 4) is 0 Å². The number of hydrogen-bond donors (Lipinski definition) is 2. The molecule has 1 unspecified atom stereocenters. The molecule has 0 bridgehead atoms. The summed E-state index contributed by atoms with van der Waals surface area (Å²) in [5, 5.41) is 15.2. The van der Waals surface area contributed by atoms with Crippen LogP contribution in [-0.2, 0) is 4.79 Å². The number of rotatable bonds is 6. The average Bonchev–Trinajstić information content (AvgIpc) is 3.29. The summed E-state index contributed by atoms with van der Waals surface area (Å²) in [6, 6.07) is 18.8. The molecule has 2 N–H and O–H groups in total. The highest BCUT2D eigenvalue weighted by molar-refractivity contribution is 7.13. The van der Waals surface area contributed by atoms with Gasteiger partial charge in [-0.1, -0.05) is 56.3 Å². The van der Waals surface area contributed by atoms with Gasteiger partial charge in [0.25, 0.3) is 0 Å². The smallest absolute Gasteiger partial charge is 0.232 e. The largest absolute Gasteiger partial charge is 0.393 e. The molecule has 1 aromatic heterocycles. The first kappa shape index (κ1) is 21.5. The molecule has 6 heteroatoms. The number of amides is 1. The van der Waals surface area contributed by atoms with Crippen molar-refractivity contribution >= 4 is 28.1 Å². The summed E-state index contributed by atoms with van der Waals surface area (Å²) in [6.45, 7) is 5.72. The van der Waals surface area contributed by atoms with Crippen LogP contribution in [0.3, 0.4) is 0 Å². The van der Waals surface area contributed by atoms with Crippen molar-refractivity contribution in [3.63, 3.8) is 0 Å². The second-order valence-corrected chi connectivity index (χ2v) is 9.56. The van der Waals surface area contributed by atoms with Crippen molar-refractivity contribution < 1.29 is 9.90 Å². The van der Waals surface area contributed by atoms with Gasteiger partial charge < -0.3 is 15.3 Å².